The van der Waals surface area contributed by atoms with E-state index in [1.807, 2.05) is 30.3 Å². The smallest absolute Gasteiger partial charge is 0.220 e. The number of aromatic nitrogens is 1. The molecular formula is C22H23ClN2O4. The first-order valence-electron chi connectivity index (χ1n) is 9.27. The van der Waals surface area contributed by atoms with Crippen LogP contribution in [0.4, 0.5) is 0 Å². The number of nitrogens with zero attached hydrogens (tertiary/aromatic N) is 1. The molecule has 0 fully saturated rings. The van der Waals surface area contributed by atoms with Gasteiger partial charge in [-0.2, -0.15) is 0 Å². The van der Waals surface area contributed by atoms with Gasteiger partial charge in [0.05, 0.1) is 20.4 Å². The first kappa shape index (κ1) is 20.7. The maximum absolute atomic E-state index is 12.1. The van der Waals surface area contributed by atoms with Crippen LogP contribution >= 0.6 is 11.6 Å². The zero-order valence-corrected chi connectivity index (χ0v) is 17.2. The summed E-state index contributed by atoms with van der Waals surface area (Å²) in [5.74, 6) is 2.51. The molecule has 0 saturated heterocycles. The molecule has 1 heterocycles. The fraction of sp³-hybridized carbons (Fsp3) is 0.273. The van der Waals surface area contributed by atoms with Crippen molar-refractivity contribution in [1.82, 2.24) is 10.3 Å². The summed E-state index contributed by atoms with van der Waals surface area (Å²) in [5.41, 5.74) is 1.95. The number of rotatable bonds is 9. The van der Waals surface area contributed by atoms with Crippen molar-refractivity contribution in [3.05, 3.63) is 65.1 Å². The van der Waals surface area contributed by atoms with Gasteiger partial charge >= 0.3 is 0 Å². The van der Waals surface area contributed by atoms with Gasteiger partial charge in [-0.3, -0.25) is 4.79 Å². The lowest BCUT2D eigenvalue weighted by atomic mass is 10.1. The highest BCUT2D eigenvalue weighted by molar-refractivity contribution is 6.30. The molecule has 0 aliphatic rings. The van der Waals surface area contributed by atoms with Gasteiger partial charge in [0, 0.05) is 30.0 Å². The summed E-state index contributed by atoms with van der Waals surface area (Å²) in [5, 5.41) is 3.58. The molecule has 2 aromatic carbocycles. The van der Waals surface area contributed by atoms with Gasteiger partial charge in [-0.1, -0.05) is 17.7 Å². The highest BCUT2D eigenvalue weighted by atomic mass is 35.5. The Balaban J connectivity index is 1.44. The fourth-order valence-corrected chi connectivity index (χ4v) is 2.99. The SMILES string of the molecule is COc1ccc(CCNC(=O)CCc2ncc(-c3ccc(Cl)cc3)o2)cc1OC. The van der Waals surface area contributed by atoms with E-state index in [9.17, 15) is 4.79 Å². The van der Waals surface area contributed by atoms with Crippen LogP contribution in [-0.2, 0) is 17.6 Å². The van der Waals surface area contributed by atoms with E-state index < -0.39 is 0 Å². The summed E-state index contributed by atoms with van der Waals surface area (Å²) >= 11 is 5.90. The predicted octanol–water partition coefficient (Wildman–Crippen LogP) is 4.30. The molecule has 1 N–H and O–H groups in total. The summed E-state index contributed by atoms with van der Waals surface area (Å²) in [4.78, 5) is 16.3. The number of amides is 1. The molecule has 0 aliphatic heterocycles. The first-order valence-corrected chi connectivity index (χ1v) is 9.65. The van der Waals surface area contributed by atoms with Gasteiger partial charge in [-0.25, -0.2) is 4.98 Å². The van der Waals surface area contributed by atoms with Crippen molar-refractivity contribution in [3.8, 4) is 22.8 Å². The second-order valence-electron chi connectivity index (χ2n) is 6.41. The Labute approximate surface area is 174 Å². The third-order valence-electron chi connectivity index (χ3n) is 4.43. The second kappa shape index (κ2) is 9.98. The van der Waals surface area contributed by atoms with Gasteiger partial charge in [-0.15, -0.1) is 0 Å². The highest BCUT2D eigenvalue weighted by Gasteiger charge is 2.10. The summed E-state index contributed by atoms with van der Waals surface area (Å²) in [6, 6.07) is 13.1. The Hall–Kier alpha value is -2.99. The van der Waals surface area contributed by atoms with Crippen LogP contribution in [0.5, 0.6) is 11.5 Å². The number of aryl methyl sites for hydroxylation is 1. The van der Waals surface area contributed by atoms with Crippen LogP contribution < -0.4 is 14.8 Å². The number of ether oxygens (including phenoxy) is 2. The maximum atomic E-state index is 12.1. The Morgan fingerprint density at radius 3 is 2.55 bits per heavy atom. The highest BCUT2D eigenvalue weighted by Crippen LogP contribution is 2.27. The minimum atomic E-state index is -0.0447. The Bertz CT molecular complexity index is 954. The largest absolute Gasteiger partial charge is 0.493 e. The molecule has 3 aromatic rings. The molecule has 0 aliphatic carbocycles. The number of hydrogen-bond acceptors (Lipinski definition) is 5. The van der Waals surface area contributed by atoms with Crippen molar-refractivity contribution < 1.29 is 18.7 Å². The molecule has 7 heteroatoms. The van der Waals surface area contributed by atoms with E-state index in [1.54, 1.807) is 32.5 Å². The number of benzene rings is 2. The maximum Gasteiger partial charge on any atom is 0.220 e. The quantitative estimate of drug-likeness (QED) is 0.565. The third-order valence-corrected chi connectivity index (χ3v) is 4.68. The molecule has 6 nitrogen and oxygen atoms in total. The molecule has 3 rings (SSSR count). The first-order chi connectivity index (χ1) is 14.1. The topological polar surface area (TPSA) is 73.6 Å². The van der Waals surface area contributed by atoms with Gasteiger partial charge in [0.2, 0.25) is 5.91 Å². The minimum absolute atomic E-state index is 0.0447. The molecule has 0 saturated carbocycles. The van der Waals surface area contributed by atoms with Crippen molar-refractivity contribution in [2.24, 2.45) is 0 Å². The van der Waals surface area contributed by atoms with Crippen molar-refractivity contribution in [2.75, 3.05) is 20.8 Å². The number of nitrogens with one attached hydrogen (secondary N) is 1. The van der Waals surface area contributed by atoms with Gasteiger partial charge in [0.15, 0.2) is 23.1 Å². The number of carbonyl (C=O) groups excluding carboxylic acids is 1. The van der Waals surface area contributed by atoms with Gasteiger partial charge in [0.25, 0.3) is 0 Å². The molecule has 0 radical (unpaired) electrons. The van der Waals surface area contributed by atoms with Gasteiger partial charge in [-0.05, 0) is 48.4 Å². The monoisotopic (exact) mass is 414 g/mol. The molecule has 29 heavy (non-hydrogen) atoms. The van der Waals surface area contributed by atoms with Crippen LogP contribution in [0, 0.1) is 0 Å². The van der Waals surface area contributed by atoms with E-state index in [0.717, 1.165) is 11.1 Å². The number of carbonyl (C=O) groups is 1. The van der Waals surface area contributed by atoms with Crippen LogP contribution in [0.15, 0.2) is 53.1 Å². The van der Waals surface area contributed by atoms with E-state index in [1.165, 1.54) is 0 Å². The molecular weight excluding hydrogens is 392 g/mol. The Kier molecular flexibility index (Phi) is 7.14. The van der Waals surface area contributed by atoms with E-state index >= 15 is 0 Å². The summed E-state index contributed by atoms with van der Waals surface area (Å²) in [6.07, 6.45) is 3.11. The van der Waals surface area contributed by atoms with Gasteiger partial charge < -0.3 is 19.2 Å². The molecule has 1 amide bonds. The van der Waals surface area contributed by atoms with Crippen molar-refractivity contribution in [3.63, 3.8) is 0 Å². The van der Waals surface area contributed by atoms with Crippen molar-refractivity contribution >= 4 is 17.5 Å². The zero-order valence-electron chi connectivity index (χ0n) is 16.4. The molecule has 0 unspecified atom stereocenters. The molecule has 0 spiro atoms. The van der Waals surface area contributed by atoms with Crippen LogP contribution in [0.2, 0.25) is 5.02 Å². The lowest BCUT2D eigenvalue weighted by molar-refractivity contribution is -0.121. The van der Waals surface area contributed by atoms with E-state index in [4.69, 9.17) is 25.5 Å². The number of oxazole rings is 1. The minimum Gasteiger partial charge on any atom is -0.493 e. The van der Waals surface area contributed by atoms with Gasteiger partial charge in [0.1, 0.15) is 0 Å². The fourth-order valence-electron chi connectivity index (χ4n) is 2.86. The normalized spacial score (nSPS) is 10.6. The van der Waals surface area contributed by atoms with E-state index in [2.05, 4.69) is 10.3 Å². The second-order valence-corrected chi connectivity index (χ2v) is 6.85. The number of hydrogen-bond donors (Lipinski definition) is 1. The van der Waals surface area contributed by atoms with Crippen LogP contribution in [0.3, 0.4) is 0 Å². The summed E-state index contributed by atoms with van der Waals surface area (Å²) < 4.78 is 16.2. The van der Waals surface area contributed by atoms with Crippen LogP contribution in [0.1, 0.15) is 17.9 Å². The summed E-state index contributed by atoms with van der Waals surface area (Å²) in [7, 11) is 3.20. The summed E-state index contributed by atoms with van der Waals surface area (Å²) in [6.45, 7) is 0.538. The standard InChI is InChI=1S/C22H23ClN2O4/c1-27-18-8-3-15(13-19(18)28-2)11-12-24-21(26)9-10-22-25-14-20(29-22)16-4-6-17(23)7-5-16/h3-8,13-14H,9-12H2,1-2H3,(H,24,26). The number of halogens is 1. The average molecular weight is 415 g/mol. The van der Waals surface area contributed by atoms with E-state index in [-0.39, 0.29) is 5.91 Å². The van der Waals surface area contributed by atoms with Crippen LogP contribution in [0.25, 0.3) is 11.3 Å². The Morgan fingerprint density at radius 2 is 1.83 bits per heavy atom. The third kappa shape index (κ3) is 5.74. The average Bonchev–Trinajstić information content (AvgIpc) is 3.21. The predicted molar refractivity (Wildman–Crippen MR) is 112 cm³/mol. The van der Waals surface area contributed by atoms with Crippen molar-refractivity contribution in [2.45, 2.75) is 19.3 Å². The lowest BCUT2D eigenvalue weighted by Gasteiger charge is -2.10. The molecule has 0 atom stereocenters. The molecule has 152 valence electrons. The van der Waals surface area contributed by atoms with E-state index in [0.29, 0.717) is 54.0 Å². The van der Waals surface area contributed by atoms with Crippen LogP contribution in [-0.4, -0.2) is 31.7 Å². The zero-order chi connectivity index (χ0) is 20.6. The molecule has 0 bridgehead atoms. The lowest BCUT2D eigenvalue weighted by Crippen LogP contribution is -2.25. The molecule has 1 aromatic heterocycles. The number of methoxy groups -OCH3 is 2. The Morgan fingerprint density at radius 1 is 1.07 bits per heavy atom. The van der Waals surface area contributed by atoms with Crippen molar-refractivity contribution in [1.29, 1.82) is 0 Å².